The Bertz CT molecular complexity index is 952. The van der Waals surface area contributed by atoms with E-state index in [1.807, 2.05) is 49.3 Å². The lowest BCUT2D eigenvalue weighted by atomic mass is 10.2. The van der Waals surface area contributed by atoms with Crippen molar-refractivity contribution in [2.75, 3.05) is 34.9 Å². The minimum atomic E-state index is -0.724. The minimum absolute atomic E-state index is 0.550. The molecule has 0 radical (unpaired) electrons. The Morgan fingerprint density at radius 2 is 1.29 bits per heavy atom. The molecule has 0 atom stereocenters. The molecule has 0 spiro atoms. The van der Waals surface area contributed by atoms with E-state index in [1.165, 1.54) is 4.90 Å². The average Bonchev–Trinajstić information content (AvgIpc) is 2.70. The molecule has 2 amide bonds. The van der Waals surface area contributed by atoms with E-state index in [1.54, 1.807) is 48.5 Å². The number of benzene rings is 3. The molecule has 0 heterocycles. The molecule has 0 fully saturated rings. The summed E-state index contributed by atoms with van der Waals surface area (Å²) in [6.07, 6.45) is 0. The van der Waals surface area contributed by atoms with Crippen LogP contribution >= 0.6 is 0 Å². The molecule has 6 nitrogen and oxygen atoms in total. The van der Waals surface area contributed by atoms with Gasteiger partial charge in [-0.15, -0.1) is 0 Å². The van der Waals surface area contributed by atoms with Gasteiger partial charge < -0.3 is 16.0 Å². The highest BCUT2D eigenvalue weighted by Gasteiger charge is 2.25. The van der Waals surface area contributed by atoms with E-state index in [0.717, 1.165) is 5.69 Å². The van der Waals surface area contributed by atoms with E-state index in [4.69, 9.17) is 5.73 Å². The SMILES string of the molecule is CN(C)c1ccc(NC(=O)C(=O)N(c2ccccc2)c2ccc(N)cc2)cc1. The first kappa shape index (κ1) is 19.0. The molecule has 28 heavy (non-hydrogen) atoms. The lowest BCUT2D eigenvalue weighted by Crippen LogP contribution is -2.36. The number of nitrogens with two attached hydrogens (primary N) is 1. The third kappa shape index (κ3) is 4.29. The number of rotatable bonds is 4. The van der Waals surface area contributed by atoms with Gasteiger partial charge in [-0.25, -0.2) is 0 Å². The molecular weight excluding hydrogens is 352 g/mol. The number of anilines is 5. The number of amides is 2. The molecule has 3 rings (SSSR count). The third-order valence-corrected chi connectivity index (χ3v) is 4.20. The Balaban J connectivity index is 1.86. The number of hydrogen-bond acceptors (Lipinski definition) is 4. The smallest absolute Gasteiger partial charge is 0.321 e. The van der Waals surface area contributed by atoms with Gasteiger partial charge in [0.1, 0.15) is 0 Å². The average molecular weight is 374 g/mol. The molecule has 0 saturated heterocycles. The first-order valence-electron chi connectivity index (χ1n) is 8.79. The van der Waals surface area contributed by atoms with E-state index >= 15 is 0 Å². The predicted octanol–water partition coefficient (Wildman–Crippen LogP) is 3.64. The highest BCUT2D eigenvalue weighted by molar-refractivity contribution is 6.45. The molecule has 3 aromatic carbocycles. The van der Waals surface area contributed by atoms with Crippen molar-refractivity contribution in [1.82, 2.24) is 0 Å². The Kier molecular flexibility index (Phi) is 5.60. The summed E-state index contributed by atoms with van der Waals surface area (Å²) >= 11 is 0. The number of para-hydroxylation sites is 1. The molecule has 0 unspecified atom stereocenters. The second-order valence-electron chi connectivity index (χ2n) is 6.46. The highest BCUT2D eigenvalue weighted by atomic mass is 16.2. The van der Waals surface area contributed by atoms with Crippen LogP contribution in [-0.2, 0) is 9.59 Å². The summed E-state index contributed by atoms with van der Waals surface area (Å²) in [5, 5.41) is 2.67. The number of nitrogens with one attached hydrogen (secondary N) is 1. The summed E-state index contributed by atoms with van der Waals surface area (Å²) in [6, 6.07) is 23.1. The van der Waals surface area contributed by atoms with E-state index in [0.29, 0.717) is 22.7 Å². The van der Waals surface area contributed by atoms with Crippen LogP contribution in [0.4, 0.5) is 28.4 Å². The first-order valence-corrected chi connectivity index (χ1v) is 8.79. The van der Waals surface area contributed by atoms with Gasteiger partial charge in [0.25, 0.3) is 0 Å². The van der Waals surface area contributed by atoms with Crippen LogP contribution in [0.2, 0.25) is 0 Å². The fourth-order valence-electron chi connectivity index (χ4n) is 2.71. The van der Waals surface area contributed by atoms with Crippen molar-refractivity contribution in [3.8, 4) is 0 Å². The zero-order valence-electron chi connectivity index (χ0n) is 15.8. The van der Waals surface area contributed by atoms with Crippen molar-refractivity contribution in [3.63, 3.8) is 0 Å². The Labute approximate surface area is 164 Å². The van der Waals surface area contributed by atoms with Gasteiger partial charge in [0.2, 0.25) is 0 Å². The Hall–Kier alpha value is -3.80. The van der Waals surface area contributed by atoms with Crippen LogP contribution in [0, 0.1) is 0 Å². The molecule has 0 aliphatic heterocycles. The maximum absolute atomic E-state index is 13.0. The molecule has 0 bridgehead atoms. The quantitative estimate of drug-likeness (QED) is 0.540. The fourth-order valence-corrected chi connectivity index (χ4v) is 2.71. The van der Waals surface area contributed by atoms with Crippen LogP contribution in [0.25, 0.3) is 0 Å². The van der Waals surface area contributed by atoms with Crippen molar-refractivity contribution in [1.29, 1.82) is 0 Å². The maximum atomic E-state index is 13.0. The molecule has 3 N–H and O–H groups in total. The summed E-state index contributed by atoms with van der Waals surface area (Å²) in [5.74, 6) is -1.41. The predicted molar refractivity (Wildman–Crippen MR) is 114 cm³/mol. The molecule has 0 aliphatic carbocycles. The van der Waals surface area contributed by atoms with Gasteiger partial charge >= 0.3 is 11.8 Å². The topological polar surface area (TPSA) is 78.7 Å². The summed E-state index contributed by atoms with van der Waals surface area (Å²) in [4.78, 5) is 28.9. The van der Waals surface area contributed by atoms with Gasteiger partial charge in [-0.1, -0.05) is 18.2 Å². The van der Waals surface area contributed by atoms with Crippen LogP contribution in [-0.4, -0.2) is 25.9 Å². The van der Waals surface area contributed by atoms with Crippen LogP contribution in [0.1, 0.15) is 0 Å². The van der Waals surface area contributed by atoms with Crippen LogP contribution in [0.3, 0.4) is 0 Å². The summed E-state index contributed by atoms with van der Waals surface area (Å²) in [7, 11) is 3.86. The van der Waals surface area contributed by atoms with E-state index < -0.39 is 11.8 Å². The largest absolute Gasteiger partial charge is 0.399 e. The number of carbonyl (C=O) groups excluding carboxylic acids is 2. The summed E-state index contributed by atoms with van der Waals surface area (Å²) < 4.78 is 0. The summed E-state index contributed by atoms with van der Waals surface area (Å²) in [5.41, 5.74) is 9.03. The van der Waals surface area contributed by atoms with Crippen molar-refractivity contribution in [3.05, 3.63) is 78.9 Å². The second-order valence-corrected chi connectivity index (χ2v) is 6.46. The minimum Gasteiger partial charge on any atom is -0.399 e. The fraction of sp³-hybridized carbons (Fsp3) is 0.0909. The Morgan fingerprint density at radius 3 is 1.86 bits per heavy atom. The number of hydrogen-bond donors (Lipinski definition) is 2. The highest BCUT2D eigenvalue weighted by Crippen LogP contribution is 2.26. The van der Waals surface area contributed by atoms with E-state index in [2.05, 4.69) is 5.32 Å². The molecule has 0 aromatic heterocycles. The third-order valence-electron chi connectivity index (χ3n) is 4.20. The van der Waals surface area contributed by atoms with Gasteiger partial charge in [-0.3, -0.25) is 14.5 Å². The lowest BCUT2D eigenvalue weighted by molar-refractivity contribution is -0.134. The number of nitrogen functional groups attached to an aromatic ring is 1. The van der Waals surface area contributed by atoms with Crippen molar-refractivity contribution < 1.29 is 9.59 Å². The zero-order chi connectivity index (χ0) is 20.1. The van der Waals surface area contributed by atoms with E-state index in [9.17, 15) is 9.59 Å². The maximum Gasteiger partial charge on any atom is 0.321 e. The normalized spacial score (nSPS) is 10.2. The van der Waals surface area contributed by atoms with Gasteiger partial charge in [-0.2, -0.15) is 0 Å². The zero-order valence-corrected chi connectivity index (χ0v) is 15.8. The lowest BCUT2D eigenvalue weighted by Gasteiger charge is -2.22. The van der Waals surface area contributed by atoms with Crippen LogP contribution in [0.5, 0.6) is 0 Å². The van der Waals surface area contributed by atoms with Gasteiger partial charge in [0.05, 0.1) is 0 Å². The molecular formula is C22H22N4O2. The van der Waals surface area contributed by atoms with Crippen LogP contribution < -0.4 is 20.9 Å². The second kappa shape index (κ2) is 8.26. The van der Waals surface area contributed by atoms with Gasteiger partial charge in [-0.05, 0) is 60.7 Å². The van der Waals surface area contributed by atoms with Gasteiger partial charge in [0.15, 0.2) is 0 Å². The molecule has 0 aliphatic rings. The molecule has 6 heteroatoms. The molecule has 142 valence electrons. The summed E-state index contributed by atoms with van der Waals surface area (Å²) in [6.45, 7) is 0. The van der Waals surface area contributed by atoms with E-state index in [-0.39, 0.29) is 0 Å². The number of nitrogens with zero attached hydrogens (tertiary/aromatic N) is 2. The standard InChI is InChI=1S/C22H22N4O2/c1-25(2)18-14-10-17(11-15-18)24-21(27)22(28)26(19-6-4-3-5-7-19)20-12-8-16(23)9-13-20/h3-15H,23H2,1-2H3,(H,24,27). The number of carbonyl (C=O) groups is 2. The first-order chi connectivity index (χ1) is 13.5. The molecule has 0 saturated carbocycles. The Morgan fingerprint density at radius 1 is 0.750 bits per heavy atom. The van der Waals surface area contributed by atoms with Crippen molar-refractivity contribution in [2.45, 2.75) is 0 Å². The van der Waals surface area contributed by atoms with Gasteiger partial charge in [0, 0.05) is 42.5 Å². The van der Waals surface area contributed by atoms with Crippen LogP contribution in [0.15, 0.2) is 78.9 Å². The van der Waals surface area contributed by atoms with Crippen molar-refractivity contribution >= 4 is 40.3 Å². The van der Waals surface area contributed by atoms with Crippen molar-refractivity contribution in [2.24, 2.45) is 0 Å². The molecule has 3 aromatic rings. The monoisotopic (exact) mass is 374 g/mol.